The molecule has 0 aliphatic carbocycles. The maximum absolute atomic E-state index is 12.8. The first-order valence-corrected chi connectivity index (χ1v) is 10.1. The second kappa shape index (κ2) is 6.70. The summed E-state index contributed by atoms with van der Waals surface area (Å²) in [7, 11) is 0. The van der Waals surface area contributed by atoms with Gasteiger partial charge in [0.15, 0.2) is 0 Å². The smallest absolute Gasteiger partial charge is 0.335 e. The molecule has 3 aromatic rings. The molecule has 29 heavy (non-hydrogen) atoms. The van der Waals surface area contributed by atoms with Gasteiger partial charge in [0.05, 0.1) is 10.6 Å². The van der Waals surface area contributed by atoms with Crippen LogP contribution in [0.25, 0.3) is 22.3 Å². The number of alkyl halides is 3. The quantitative estimate of drug-likeness (QED) is 0.435. The Bertz CT molecular complexity index is 1120. The number of nitrogens with zero attached hydrogens (tertiary/aromatic N) is 1. The Morgan fingerprint density at radius 3 is 2.07 bits per heavy atom. The van der Waals surface area contributed by atoms with Crippen molar-refractivity contribution in [2.45, 2.75) is 25.4 Å². The van der Waals surface area contributed by atoms with Crippen LogP contribution in [0.3, 0.4) is 0 Å². The standard InChI is InChI=1S/C24H18F3NS/c25-24(26,27)21-7-4-15(5-8-21)16-2-1-3-17(12-16)20-13-18-6-9-22(29)28-11-10-19(14-20)23(18)28/h1-5,7-8,12-14H,6,9-11H2. The number of hydrogen-bond donors (Lipinski definition) is 0. The van der Waals surface area contributed by atoms with Crippen LogP contribution in [0.2, 0.25) is 0 Å². The summed E-state index contributed by atoms with van der Waals surface area (Å²) in [6.45, 7) is 0.955. The van der Waals surface area contributed by atoms with Gasteiger partial charge in [0, 0.05) is 18.7 Å². The van der Waals surface area contributed by atoms with Crippen molar-refractivity contribution in [3.05, 3.63) is 77.4 Å². The van der Waals surface area contributed by atoms with Crippen LogP contribution in [-0.2, 0) is 19.0 Å². The first kappa shape index (κ1) is 18.4. The van der Waals surface area contributed by atoms with E-state index in [-0.39, 0.29) is 0 Å². The van der Waals surface area contributed by atoms with Gasteiger partial charge in [0.2, 0.25) is 0 Å². The van der Waals surface area contributed by atoms with E-state index in [1.165, 1.54) is 28.9 Å². The first-order chi connectivity index (χ1) is 13.9. The minimum atomic E-state index is -4.32. The number of halogens is 3. The molecule has 0 N–H and O–H groups in total. The average Bonchev–Trinajstić information content (AvgIpc) is 3.16. The van der Waals surface area contributed by atoms with Crippen LogP contribution in [0.15, 0.2) is 60.7 Å². The van der Waals surface area contributed by atoms with E-state index < -0.39 is 11.7 Å². The number of rotatable bonds is 2. The third-order valence-electron chi connectivity index (χ3n) is 5.79. The van der Waals surface area contributed by atoms with Gasteiger partial charge in [0.25, 0.3) is 0 Å². The molecule has 0 unspecified atom stereocenters. The summed E-state index contributed by atoms with van der Waals surface area (Å²) in [6.07, 6.45) is -1.45. The lowest BCUT2D eigenvalue weighted by Gasteiger charge is -2.28. The second-order valence-electron chi connectivity index (χ2n) is 7.59. The average molecular weight is 409 g/mol. The van der Waals surface area contributed by atoms with Crippen molar-refractivity contribution in [3.63, 3.8) is 0 Å². The summed E-state index contributed by atoms with van der Waals surface area (Å²) in [5, 5.41) is 0. The number of hydrogen-bond acceptors (Lipinski definition) is 1. The van der Waals surface area contributed by atoms with Crippen molar-refractivity contribution < 1.29 is 13.2 Å². The SMILES string of the molecule is FC(F)(F)c1ccc(-c2cccc(-c3cc4c5c(c3)CCN5C(=S)CC4)c2)cc1. The number of aryl methyl sites for hydroxylation is 1. The molecule has 0 fully saturated rings. The van der Waals surface area contributed by atoms with Crippen molar-refractivity contribution in [2.24, 2.45) is 0 Å². The summed E-state index contributed by atoms with van der Waals surface area (Å²) < 4.78 is 38.5. The molecule has 0 bridgehead atoms. The highest BCUT2D eigenvalue weighted by Crippen LogP contribution is 2.40. The fraction of sp³-hybridized carbons (Fsp3) is 0.208. The summed E-state index contributed by atoms with van der Waals surface area (Å²) in [4.78, 5) is 3.31. The predicted molar refractivity (Wildman–Crippen MR) is 114 cm³/mol. The van der Waals surface area contributed by atoms with Crippen LogP contribution in [0.5, 0.6) is 0 Å². The highest BCUT2D eigenvalue weighted by molar-refractivity contribution is 7.80. The van der Waals surface area contributed by atoms with Crippen molar-refractivity contribution in [3.8, 4) is 22.3 Å². The minimum Gasteiger partial charge on any atom is -0.335 e. The van der Waals surface area contributed by atoms with Gasteiger partial charge in [-0.05, 0) is 76.6 Å². The largest absolute Gasteiger partial charge is 0.416 e. The Morgan fingerprint density at radius 1 is 0.724 bits per heavy atom. The van der Waals surface area contributed by atoms with Crippen LogP contribution in [0, 0.1) is 0 Å². The molecule has 5 heteroatoms. The van der Waals surface area contributed by atoms with Crippen LogP contribution >= 0.6 is 12.2 Å². The molecule has 3 aromatic carbocycles. The van der Waals surface area contributed by atoms with Gasteiger partial charge >= 0.3 is 6.18 Å². The molecule has 146 valence electrons. The lowest BCUT2D eigenvalue weighted by atomic mass is 9.92. The Balaban J connectivity index is 1.52. The second-order valence-corrected chi connectivity index (χ2v) is 8.07. The van der Waals surface area contributed by atoms with E-state index in [1.807, 2.05) is 12.1 Å². The van der Waals surface area contributed by atoms with Gasteiger partial charge in [-0.1, -0.05) is 42.5 Å². The van der Waals surface area contributed by atoms with Crippen LogP contribution in [0.4, 0.5) is 18.9 Å². The monoisotopic (exact) mass is 409 g/mol. The molecule has 0 saturated heterocycles. The van der Waals surface area contributed by atoms with E-state index in [0.717, 1.165) is 65.2 Å². The van der Waals surface area contributed by atoms with Crippen LogP contribution in [-0.4, -0.2) is 11.5 Å². The van der Waals surface area contributed by atoms with Gasteiger partial charge in [-0.15, -0.1) is 0 Å². The van der Waals surface area contributed by atoms with Gasteiger partial charge in [-0.25, -0.2) is 0 Å². The summed E-state index contributed by atoms with van der Waals surface area (Å²) in [5.74, 6) is 0. The molecule has 0 saturated carbocycles. The molecule has 1 nitrogen and oxygen atoms in total. The third kappa shape index (κ3) is 3.23. The minimum absolute atomic E-state index is 0.627. The van der Waals surface area contributed by atoms with Crippen LogP contribution < -0.4 is 4.90 Å². The maximum atomic E-state index is 12.8. The fourth-order valence-electron chi connectivity index (χ4n) is 4.35. The topological polar surface area (TPSA) is 3.24 Å². The Hall–Kier alpha value is -2.66. The maximum Gasteiger partial charge on any atom is 0.416 e. The molecule has 0 aromatic heterocycles. The zero-order chi connectivity index (χ0) is 20.2. The zero-order valence-electron chi connectivity index (χ0n) is 15.6. The summed E-state index contributed by atoms with van der Waals surface area (Å²) in [5.41, 5.74) is 7.26. The molecule has 0 spiro atoms. The normalized spacial score (nSPS) is 15.6. The molecular weight excluding hydrogens is 391 g/mol. The van der Waals surface area contributed by atoms with E-state index in [2.05, 4.69) is 29.2 Å². The van der Waals surface area contributed by atoms with Crippen molar-refractivity contribution in [2.75, 3.05) is 11.4 Å². The van der Waals surface area contributed by atoms with Crippen molar-refractivity contribution in [1.82, 2.24) is 0 Å². The Labute approximate surface area is 172 Å². The van der Waals surface area contributed by atoms with Crippen molar-refractivity contribution in [1.29, 1.82) is 0 Å². The van der Waals surface area contributed by atoms with Gasteiger partial charge in [0.1, 0.15) is 0 Å². The lowest BCUT2D eigenvalue weighted by Crippen LogP contribution is -2.31. The van der Waals surface area contributed by atoms with Gasteiger partial charge in [-0.2, -0.15) is 13.2 Å². The van der Waals surface area contributed by atoms with Gasteiger partial charge < -0.3 is 4.90 Å². The summed E-state index contributed by atoms with van der Waals surface area (Å²) in [6, 6.07) is 17.8. The zero-order valence-corrected chi connectivity index (χ0v) is 16.4. The van der Waals surface area contributed by atoms with E-state index in [9.17, 15) is 13.2 Å². The van der Waals surface area contributed by atoms with Gasteiger partial charge in [-0.3, -0.25) is 0 Å². The number of thiocarbonyl (C=S) groups is 1. The molecular formula is C24H18F3NS. The van der Waals surface area contributed by atoms with E-state index in [0.29, 0.717) is 0 Å². The lowest BCUT2D eigenvalue weighted by molar-refractivity contribution is -0.137. The molecule has 5 rings (SSSR count). The number of benzene rings is 3. The molecule has 2 heterocycles. The fourth-order valence-corrected chi connectivity index (χ4v) is 4.64. The summed E-state index contributed by atoms with van der Waals surface area (Å²) >= 11 is 5.52. The predicted octanol–water partition coefficient (Wildman–Crippen LogP) is 6.68. The molecule has 2 aliphatic heterocycles. The highest BCUT2D eigenvalue weighted by atomic mass is 32.1. The van der Waals surface area contributed by atoms with E-state index in [4.69, 9.17) is 12.2 Å². The number of anilines is 1. The molecule has 0 radical (unpaired) electrons. The van der Waals surface area contributed by atoms with E-state index >= 15 is 0 Å². The molecule has 0 atom stereocenters. The first-order valence-electron chi connectivity index (χ1n) is 9.64. The van der Waals surface area contributed by atoms with E-state index in [1.54, 1.807) is 0 Å². The third-order valence-corrected chi connectivity index (χ3v) is 6.22. The van der Waals surface area contributed by atoms with Crippen molar-refractivity contribution >= 4 is 22.9 Å². The molecule has 2 aliphatic rings. The Kier molecular flexibility index (Phi) is 4.24. The highest BCUT2D eigenvalue weighted by Gasteiger charge is 2.30. The Morgan fingerprint density at radius 2 is 1.38 bits per heavy atom. The molecule has 0 amide bonds. The van der Waals surface area contributed by atoms with Crippen LogP contribution in [0.1, 0.15) is 23.1 Å².